The van der Waals surface area contributed by atoms with Crippen molar-refractivity contribution in [3.05, 3.63) is 40.4 Å². The van der Waals surface area contributed by atoms with Crippen molar-refractivity contribution in [2.75, 3.05) is 13.2 Å². The van der Waals surface area contributed by atoms with Crippen molar-refractivity contribution < 1.29 is 14.3 Å². The molecule has 0 spiro atoms. The molecule has 0 bridgehead atoms. The lowest BCUT2D eigenvalue weighted by Gasteiger charge is -2.23. The fraction of sp³-hybridized carbons (Fsp3) is 0.444. The number of hydrogen-bond donors (Lipinski definition) is 0. The Morgan fingerprint density at radius 1 is 1.09 bits per heavy atom. The molecule has 3 rings (SSSR count). The molecule has 1 fully saturated rings. The van der Waals surface area contributed by atoms with Crippen LogP contribution >= 0.6 is 11.6 Å². The molecule has 4 nitrogen and oxygen atoms in total. The fourth-order valence-electron chi connectivity index (χ4n) is 3.35. The van der Waals surface area contributed by atoms with Crippen LogP contribution in [-0.4, -0.2) is 29.9 Å². The Labute approximate surface area is 141 Å². The van der Waals surface area contributed by atoms with E-state index in [9.17, 15) is 9.59 Å². The van der Waals surface area contributed by atoms with E-state index >= 15 is 0 Å². The maximum atomic E-state index is 12.5. The molecule has 1 heterocycles. The van der Waals surface area contributed by atoms with Gasteiger partial charge >= 0.3 is 0 Å². The van der Waals surface area contributed by atoms with Crippen molar-refractivity contribution >= 4 is 23.4 Å². The predicted molar refractivity (Wildman–Crippen MR) is 88.3 cm³/mol. The van der Waals surface area contributed by atoms with Gasteiger partial charge in [-0.2, -0.15) is 0 Å². The van der Waals surface area contributed by atoms with Crippen molar-refractivity contribution in [3.8, 4) is 5.75 Å². The highest BCUT2D eigenvalue weighted by atomic mass is 35.5. The molecular formula is C18H20ClNO3. The molecule has 5 heteroatoms. The van der Waals surface area contributed by atoms with Gasteiger partial charge in [0.1, 0.15) is 12.4 Å². The quantitative estimate of drug-likeness (QED) is 0.626. The van der Waals surface area contributed by atoms with Crippen molar-refractivity contribution in [2.24, 2.45) is 11.8 Å². The predicted octanol–water partition coefficient (Wildman–Crippen LogP) is 3.45. The monoisotopic (exact) mass is 333 g/mol. The molecule has 2 aliphatic rings. The first kappa shape index (κ1) is 16.1. The Morgan fingerprint density at radius 2 is 1.65 bits per heavy atom. The molecule has 2 amide bonds. The smallest absolute Gasteiger partial charge is 0.233 e. The first-order chi connectivity index (χ1) is 11.0. The Kier molecular flexibility index (Phi) is 4.44. The van der Waals surface area contributed by atoms with Gasteiger partial charge in [-0.1, -0.05) is 34.9 Å². The number of para-hydroxylation sites is 1. The number of carbonyl (C=O) groups excluding carboxylic acids is 2. The second-order valence-electron chi connectivity index (χ2n) is 6.29. The van der Waals surface area contributed by atoms with E-state index in [1.807, 2.05) is 26.0 Å². The summed E-state index contributed by atoms with van der Waals surface area (Å²) < 4.78 is 5.60. The number of hydrogen-bond acceptors (Lipinski definition) is 3. The summed E-state index contributed by atoms with van der Waals surface area (Å²) in [5, 5.41) is 0.524. The maximum Gasteiger partial charge on any atom is 0.233 e. The van der Waals surface area contributed by atoms with Crippen LogP contribution in [0.25, 0.3) is 0 Å². The second kappa shape index (κ2) is 6.36. The molecule has 122 valence electrons. The highest BCUT2D eigenvalue weighted by Gasteiger charge is 2.48. The Bertz CT molecular complexity index is 651. The molecule has 1 aromatic rings. The molecule has 2 atom stereocenters. The largest absolute Gasteiger partial charge is 0.490 e. The minimum absolute atomic E-state index is 0.0605. The molecule has 0 unspecified atom stereocenters. The van der Waals surface area contributed by atoms with Crippen LogP contribution in [0.3, 0.4) is 0 Å². The van der Waals surface area contributed by atoms with Crippen molar-refractivity contribution in [1.29, 1.82) is 0 Å². The fourth-order valence-corrected chi connectivity index (χ4v) is 3.54. The zero-order valence-electron chi connectivity index (χ0n) is 13.3. The second-order valence-corrected chi connectivity index (χ2v) is 6.70. The first-order valence-electron chi connectivity index (χ1n) is 7.87. The van der Waals surface area contributed by atoms with Crippen LogP contribution in [0.15, 0.2) is 35.4 Å². The van der Waals surface area contributed by atoms with E-state index in [0.717, 1.165) is 0 Å². The van der Waals surface area contributed by atoms with Crippen LogP contribution in [0.5, 0.6) is 5.75 Å². The van der Waals surface area contributed by atoms with E-state index in [-0.39, 0.29) is 36.8 Å². The van der Waals surface area contributed by atoms with E-state index in [1.54, 1.807) is 12.1 Å². The molecule has 0 radical (unpaired) electrons. The number of carbonyl (C=O) groups is 2. The topological polar surface area (TPSA) is 46.6 Å². The van der Waals surface area contributed by atoms with Crippen LogP contribution < -0.4 is 4.74 Å². The van der Waals surface area contributed by atoms with E-state index in [2.05, 4.69) is 0 Å². The van der Waals surface area contributed by atoms with Crippen LogP contribution in [0, 0.1) is 11.8 Å². The SMILES string of the molecule is CC1=C(C)C[C@H]2C(=O)N(CCOc3ccccc3Cl)C(=O)[C@H]2C1. The number of fused-ring (bicyclic) bond motifs is 1. The number of benzene rings is 1. The van der Waals surface area contributed by atoms with Gasteiger partial charge in [-0.05, 0) is 38.8 Å². The molecule has 1 aliphatic heterocycles. The Hall–Kier alpha value is -1.81. The van der Waals surface area contributed by atoms with Crippen molar-refractivity contribution in [3.63, 3.8) is 0 Å². The number of likely N-dealkylation sites (tertiary alicyclic amines) is 1. The molecule has 1 aliphatic carbocycles. The maximum absolute atomic E-state index is 12.5. The number of ether oxygens (including phenoxy) is 1. The third-order valence-electron chi connectivity index (χ3n) is 4.84. The summed E-state index contributed by atoms with van der Waals surface area (Å²) in [4.78, 5) is 26.4. The highest BCUT2D eigenvalue weighted by Crippen LogP contribution is 2.40. The van der Waals surface area contributed by atoms with Crippen LogP contribution in [0.2, 0.25) is 5.02 Å². The number of allylic oxidation sites excluding steroid dienone is 2. The lowest BCUT2D eigenvalue weighted by molar-refractivity contribution is -0.140. The zero-order chi connectivity index (χ0) is 16.6. The summed E-state index contributed by atoms with van der Waals surface area (Å²) in [5.74, 6) is 0.0706. The summed E-state index contributed by atoms with van der Waals surface area (Å²) >= 11 is 6.03. The summed E-state index contributed by atoms with van der Waals surface area (Å²) in [5.41, 5.74) is 2.48. The third kappa shape index (κ3) is 3.00. The van der Waals surface area contributed by atoms with Crippen LogP contribution in [0.1, 0.15) is 26.7 Å². The van der Waals surface area contributed by atoms with Crippen molar-refractivity contribution in [1.82, 2.24) is 4.90 Å². The van der Waals surface area contributed by atoms with E-state index in [1.165, 1.54) is 16.0 Å². The average molecular weight is 334 g/mol. The molecule has 0 N–H and O–H groups in total. The third-order valence-corrected chi connectivity index (χ3v) is 5.15. The standard InChI is InChI=1S/C18H20ClNO3/c1-11-9-13-14(10-12(11)2)18(22)20(17(13)21)7-8-23-16-6-4-3-5-15(16)19/h3-6,13-14H,7-10H2,1-2H3/t13-,14+. The van der Waals surface area contributed by atoms with Gasteiger partial charge in [0.25, 0.3) is 0 Å². The molecular weight excluding hydrogens is 314 g/mol. The van der Waals surface area contributed by atoms with E-state index in [4.69, 9.17) is 16.3 Å². The lowest BCUT2D eigenvalue weighted by atomic mass is 9.78. The van der Waals surface area contributed by atoms with Crippen LogP contribution in [-0.2, 0) is 9.59 Å². The average Bonchev–Trinajstić information content (AvgIpc) is 2.74. The van der Waals surface area contributed by atoms with Gasteiger partial charge in [-0.15, -0.1) is 0 Å². The molecule has 23 heavy (non-hydrogen) atoms. The van der Waals surface area contributed by atoms with Gasteiger partial charge in [0, 0.05) is 0 Å². The van der Waals surface area contributed by atoms with Gasteiger partial charge in [-0.25, -0.2) is 0 Å². The number of nitrogens with zero attached hydrogens (tertiary/aromatic N) is 1. The van der Waals surface area contributed by atoms with Gasteiger partial charge in [0.15, 0.2) is 0 Å². The number of halogens is 1. The van der Waals surface area contributed by atoms with E-state index in [0.29, 0.717) is 23.6 Å². The molecule has 0 aromatic heterocycles. The molecule has 0 saturated carbocycles. The first-order valence-corrected chi connectivity index (χ1v) is 8.24. The summed E-state index contributed by atoms with van der Waals surface area (Å²) in [7, 11) is 0. The Morgan fingerprint density at radius 3 is 2.22 bits per heavy atom. The molecule has 1 aromatic carbocycles. The number of rotatable bonds is 4. The minimum atomic E-state index is -0.188. The van der Waals surface area contributed by atoms with Gasteiger partial charge < -0.3 is 4.74 Å². The lowest BCUT2D eigenvalue weighted by Crippen LogP contribution is -2.34. The molecule has 1 saturated heterocycles. The highest BCUT2D eigenvalue weighted by molar-refractivity contribution is 6.32. The summed E-state index contributed by atoms with van der Waals surface area (Å²) in [6.45, 7) is 4.62. The van der Waals surface area contributed by atoms with Crippen molar-refractivity contribution in [2.45, 2.75) is 26.7 Å². The summed E-state index contributed by atoms with van der Waals surface area (Å²) in [6.07, 6.45) is 1.39. The minimum Gasteiger partial charge on any atom is -0.490 e. The Balaban J connectivity index is 1.63. The van der Waals surface area contributed by atoms with Crippen LogP contribution in [0.4, 0.5) is 0 Å². The number of amides is 2. The normalized spacial score (nSPS) is 24.2. The van der Waals surface area contributed by atoms with Gasteiger partial charge in [-0.3, -0.25) is 14.5 Å². The van der Waals surface area contributed by atoms with E-state index < -0.39 is 0 Å². The van der Waals surface area contributed by atoms with Gasteiger partial charge in [0.05, 0.1) is 23.4 Å². The zero-order valence-corrected chi connectivity index (χ0v) is 14.1. The summed E-state index contributed by atoms with van der Waals surface area (Å²) in [6, 6.07) is 7.17. The van der Waals surface area contributed by atoms with Gasteiger partial charge in [0.2, 0.25) is 11.8 Å². The number of imide groups is 1.